The van der Waals surface area contributed by atoms with Crippen molar-refractivity contribution in [3.05, 3.63) is 29.8 Å². The van der Waals surface area contributed by atoms with Gasteiger partial charge in [-0.1, -0.05) is 12.1 Å². The van der Waals surface area contributed by atoms with Gasteiger partial charge in [-0.05, 0) is 37.6 Å². The van der Waals surface area contributed by atoms with E-state index in [1.165, 1.54) is 44.6 Å². The zero-order valence-electron chi connectivity index (χ0n) is 13.2. The molecule has 1 N–H and O–H groups in total. The molecule has 1 heterocycles. The predicted molar refractivity (Wildman–Crippen MR) is 85.8 cm³/mol. The second kappa shape index (κ2) is 6.77. The van der Waals surface area contributed by atoms with Crippen molar-refractivity contribution in [2.75, 3.05) is 46.9 Å². The molecular weight excluding hydrogens is 262 g/mol. The molecule has 0 radical (unpaired) electrons. The maximum atomic E-state index is 5.24. The second-order valence-corrected chi connectivity index (χ2v) is 6.18. The molecule has 0 amide bonds. The highest BCUT2D eigenvalue weighted by Crippen LogP contribution is 2.27. The van der Waals surface area contributed by atoms with Gasteiger partial charge >= 0.3 is 0 Å². The molecule has 2 aliphatic rings. The minimum Gasteiger partial charge on any atom is -0.497 e. The fourth-order valence-corrected chi connectivity index (χ4v) is 3.21. The van der Waals surface area contributed by atoms with Gasteiger partial charge in [0.1, 0.15) is 5.75 Å². The average molecular weight is 289 g/mol. The summed E-state index contributed by atoms with van der Waals surface area (Å²) < 4.78 is 5.24. The van der Waals surface area contributed by atoms with Crippen molar-refractivity contribution in [1.82, 2.24) is 15.1 Å². The fourth-order valence-electron chi connectivity index (χ4n) is 3.21. The van der Waals surface area contributed by atoms with Crippen LogP contribution in [0.3, 0.4) is 0 Å². The van der Waals surface area contributed by atoms with Crippen molar-refractivity contribution in [2.24, 2.45) is 0 Å². The van der Waals surface area contributed by atoms with Gasteiger partial charge < -0.3 is 10.1 Å². The van der Waals surface area contributed by atoms with E-state index in [1.807, 2.05) is 12.1 Å². The van der Waals surface area contributed by atoms with Crippen molar-refractivity contribution in [1.29, 1.82) is 0 Å². The molecule has 3 rings (SSSR count). The number of hydrogen-bond acceptors (Lipinski definition) is 4. The quantitative estimate of drug-likeness (QED) is 0.863. The predicted octanol–water partition coefficient (Wildman–Crippen LogP) is 1.74. The maximum absolute atomic E-state index is 5.24. The summed E-state index contributed by atoms with van der Waals surface area (Å²) >= 11 is 0. The van der Waals surface area contributed by atoms with Gasteiger partial charge in [0.05, 0.1) is 7.11 Å². The van der Waals surface area contributed by atoms with E-state index in [0.717, 1.165) is 18.3 Å². The van der Waals surface area contributed by atoms with Crippen LogP contribution in [0.2, 0.25) is 0 Å². The fraction of sp³-hybridized carbons (Fsp3) is 0.647. The zero-order chi connectivity index (χ0) is 14.7. The normalized spacial score (nSPS) is 22.2. The average Bonchev–Trinajstić information content (AvgIpc) is 3.38. The molecule has 0 bridgehead atoms. The van der Waals surface area contributed by atoms with Crippen molar-refractivity contribution < 1.29 is 4.74 Å². The minimum atomic E-state index is 0.392. The van der Waals surface area contributed by atoms with Crippen LogP contribution < -0.4 is 10.1 Å². The minimum absolute atomic E-state index is 0.392. The lowest BCUT2D eigenvalue weighted by atomic mass is 10.1. The lowest BCUT2D eigenvalue weighted by Gasteiger charge is -2.36. The summed E-state index contributed by atoms with van der Waals surface area (Å²) in [6.07, 6.45) is 2.84. The first-order valence-corrected chi connectivity index (χ1v) is 8.08. The molecule has 116 valence electrons. The molecule has 0 spiro atoms. The maximum Gasteiger partial charge on any atom is 0.118 e. The largest absolute Gasteiger partial charge is 0.497 e. The SMILES string of the molecule is CNC(CN1CCN(C2CC2)CC1)c1ccc(OC)cc1. The van der Waals surface area contributed by atoms with Crippen LogP contribution in [0.5, 0.6) is 5.75 Å². The third-order valence-electron chi connectivity index (χ3n) is 4.78. The molecule has 21 heavy (non-hydrogen) atoms. The van der Waals surface area contributed by atoms with Gasteiger partial charge in [-0.3, -0.25) is 9.80 Å². The Balaban J connectivity index is 1.53. The van der Waals surface area contributed by atoms with E-state index in [4.69, 9.17) is 4.74 Å². The molecular formula is C17H27N3O. The lowest BCUT2D eigenvalue weighted by Crippen LogP contribution is -2.49. The van der Waals surface area contributed by atoms with E-state index in [-0.39, 0.29) is 0 Å². The molecule has 1 aromatic rings. The number of methoxy groups -OCH3 is 1. The first kappa shape index (κ1) is 14.8. The number of nitrogens with one attached hydrogen (secondary N) is 1. The first-order valence-electron chi connectivity index (χ1n) is 8.08. The summed E-state index contributed by atoms with van der Waals surface area (Å²) in [5, 5.41) is 3.45. The van der Waals surface area contributed by atoms with E-state index in [9.17, 15) is 0 Å². The molecule has 1 aliphatic carbocycles. The van der Waals surface area contributed by atoms with Crippen LogP contribution in [0.15, 0.2) is 24.3 Å². The number of ether oxygens (including phenoxy) is 1. The number of piperazine rings is 1. The van der Waals surface area contributed by atoms with E-state index in [1.54, 1.807) is 7.11 Å². The number of hydrogen-bond donors (Lipinski definition) is 1. The Labute approximate surface area is 128 Å². The highest BCUT2D eigenvalue weighted by Gasteiger charge is 2.31. The van der Waals surface area contributed by atoms with Crippen molar-refractivity contribution in [2.45, 2.75) is 24.9 Å². The van der Waals surface area contributed by atoms with Crippen molar-refractivity contribution in [3.8, 4) is 5.75 Å². The summed E-state index contributed by atoms with van der Waals surface area (Å²) in [6, 6.07) is 9.73. The smallest absolute Gasteiger partial charge is 0.118 e. The Bertz CT molecular complexity index is 436. The lowest BCUT2D eigenvalue weighted by molar-refractivity contribution is 0.118. The Morgan fingerprint density at radius 2 is 1.81 bits per heavy atom. The molecule has 1 aliphatic heterocycles. The molecule has 1 saturated heterocycles. The van der Waals surface area contributed by atoms with Gasteiger partial charge in [0, 0.05) is 44.8 Å². The Kier molecular flexibility index (Phi) is 4.78. The highest BCUT2D eigenvalue weighted by atomic mass is 16.5. The van der Waals surface area contributed by atoms with Crippen LogP contribution in [0.4, 0.5) is 0 Å². The summed E-state index contributed by atoms with van der Waals surface area (Å²) in [5.74, 6) is 0.923. The Hall–Kier alpha value is -1.10. The van der Waals surface area contributed by atoms with Crippen LogP contribution >= 0.6 is 0 Å². The van der Waals surface area contributed by atoms with Gasteiger partial charge in [-0.25, -0.2) is 0 Å². The van der Waals surface area contributed by atoms with Crippen molar-refractivity contribution >= 4 is 0 Å². The molecule has 2 fully saturated rings. The van der Waals surface area contributed by atoms with Crippen molar-refractivity contribution in [3.63, 3.8) is 0 Å². The molecule has 4 heteroatoms. The monoisotopic (exact) mass is 289 g/mol. The third-order valence-corrected chi connectivity index (χ3v) is 4.78. The second-order valence-electron chi connectivity index (χ2n) is 6.18. The van der Waals surface area contributed by atoms with E-state index >= 15 is 0 Å². The number of benzene rings is 1. The summed E-state index contributed by atoms with van der Waals surface area (Å²) in [4.78, 5) is 5.25. The molecule has 4 nitrogen and oxygen atoms in total. The van der Waals surface area contributed by atoms with Gasteiger partial charge in [-0.15, -0.1) is 0 Å². The van der Waals surface area contributed by atoms with E-state index < -0.39 is 0 Å². The molecule has 0 aromatic heterocycles. The third kappa shape index (κ3) is 3.76. The molecule has 1 atom stereocenters. The molecule has 1 unspecified atom stereocenters. The zero-order valence-corrected chi connectivity index (χ0v) is 13.2. The highest BCUT2D eigenvalue weighted by molar-refractivity contribution is 5.29. The van der Waals surface area contributed by atoms with Gasteiger partial charge in [0.2, 0.25) is 0 Å². The van der Waals surface area contributed by atoms with Gasteiger partial charge in [0.15, 0.2) is 0 Å². The van der Waals surface area contributed by atoms with E-state index in [0.29, 0.717) is 6.04 Å². The standard InChI is InChI=1S/C17H27N3O/c1-18-17(14-3-7-16(21-2)8-4-14)13-19-9-11-20(12-10-19)15-5-6-15/h3-4,7-8,15,17-18H,5-6,9-13H2,1-2H3. The summed E-state index contributed by atoms with van der Waals surface area (Å²) in [5.41, 5.74) is 1.34. The number of nitrogens with zero attached hydrogens (tertiary/aromatic N) is 2. The van der Waals surface area contributed by atoms with Crippen LogP contribution in [0.1, 0.15) is 24.4 Å². The summed E-state index contributed by atoms with van der Waals surface area (Å²) in [7, 11) is 3.76. The molecule has 1 aromatic carbocycles. The van der Waals surface area contributed by atoms with E-state index in [2.05, 4.69) is 34.3 Å². The van der Waals surface area contributed by atoms with Crippen LogP contribution in [0, 0.1) is 0 Å². The first-order chi connectivity index (χ1) is 10.3. The number of likely N-dealkylation sites (N-methyl/N-ethyl adjacent to an activating group) is 1. The Morgan fingerprint density at radius 1 is 1.14 bits per heavy atom. The summed E-state index contributed by atoms with van der Waals surface area (Å²) in [6.45, 7) is 5.96. The Morgan fingerprint density at radius 3 is 2.33 bits per heavy atom. The number of rotatable bonds is 6. The molecule has 1 saturated carbocycles. The van der Waals surface area contributed by atoms with Gasteiger partial charge in [0.25, 0.3) is 0 Å². The van der Waals surface area contributed by atoms with Crippen LogP contribution in [0.25, 0.3) is 0 Å². The van der Waals surface area contributed by atoms with Crippen LogP contribution in [-0.2, 0) is 0 Å². The topological polar surface area (TPSA) is 27.7 Å². The van der Waals surface area contributed by atoms with Crippen LogP contribution in [-0.4, -0.2) is 62.7 Å². The van der Waals surface area contributed by atoms with Gasteiger partial charge in [-0.2, -0.15) is 0 Å².